The first-order chi connectivity index (χ1) is 7.51. The van der Waals surface area contributed by atoms with Gasteiger partial charge in [-0.05, 0) is 26.0 Å². The van der Waals surface area contributed by atoms with Crippen LogP contribution in [0.3, 0.4) is 0 Å². The first kappa shape index (κ1) is 11.3. The quantitative estimate of drug-likeness (QED) is 0.791. The Morgan fingerprint density at radius 2 is 1.75 bits per heavy atom. The van der Waals surface area contributed by atoms with Crippen LogP contribution in [0.1, 0.15) is 13.8 Å². The summed E-state index contributed by atoms with van der Waals surface area (Å²) in [7, 11) is -3.25. The zero-order valence-corrected chi connectivity index (χ0v) is 10.1. The molecule has 0 bridgehead atoms. The lowest BCUT2D eigenvalue weighted by atomic mass is 10.3. The lowest BCUT2D eigenvalue weighted by Crippen LogP contribution is -2.17. The van der Waals surface area contributed by atoms with Crippen molar-refractivity contribution in [2.45, 2.75) is 24.0 Å². The van der Waals surface area contributed by atoms with Gasteiger partial charge in [-0.3, -0.25) is 0 Å². The molecule has 4 nitrogen and oxygen atoms in total. The molecule has 0 radical (unpaired) electrons. The molecule has 0 N–H and O–H groups in total. The largest absolute Gasteiger partial charge is 0.486 e. The highest BCUT2D eigenvalue weighted by Crippen LogP contribution is 2.33. The van der Waals surface area contributed by atoms with Gasteiger partial charge in [0.25, 0.3) is 0 Å². The van der Waals surface area contributed by atoms with Gasteiger partial charge in [-0.15, -0.1) is 0 Å². The summed E-state index contributed by atoms with van der Waals surface area (Å²) in [6, 6.07) is 4.73. The molecule has 0 aliphatic carbocycles. The van der Waals surface area contributed by atoms with Gasteiger partial charge in [0.15, 0.2) is 21.3 Å². The Morgan fingerprint density at radius 3 is 2.38 bits per heavy atom. The monoisotopic (exact) mass is 242 g/mol. The van der Waals surface area contributed by atoms with Gasteiger partial charge in [-0.2, -0.15) is 0 Å². The summed E-state index contributed by atoms with van der Waals surface area (Å²) in [5.74, 6) is 1.11. The Labute approximate surface area is 95.1 Å². The molecule has 0 saturated heterocycles. The van der Waals surface area contributed by atoms with E-state index < -0.39 is 15.1 Å². The number of fused-ring (bicyclic) bond motifs is 1. The molecule has 2 rings (SSSR count). The average molecular weight is 242 g/mol. The summed E-state index contributed by atoms with van der Waals surface area (Å²) in [6.07, 6.45) is 0. The van der Waals surface area contributed by atoms with E-state index in [1.165, 1.54) is 6.07 Å². The highest BCUT2D eigenvalue weighted by Gasteiger charge is 2.22. The number of ether oxygens (including phenoxy) is 2. The normalized spacial score (nSPS) is 15.2. The van der Waals surface area contributed by atoms with Gasteiger partial charge in [-0.1, -0.05) is 0 Å². The predicted molar refractivity (Wildman–Crippen MR) is 59.8 cm³/mol. The van der Waals surface area contributed by atoms with Crippen LogP contribution in [0.4, 0.5) is 0 Å². The molecule has 0 aromatic heterocycles. The van der Waals surface area contributed by atoms with E-state index in [0.29, 0.717) is 24.7 Å². The van der Waals surface area contributed by atoms with Crippen LogP contribution in [0, 0.1) is 0 Å². The van der Waals surface area contributed by atoms with Crippen molar-refractivity contribution in [3.8, 4) is 11.5 Å². The maximum atomic E-state index is 11.9. The van der Waals surface area contributed by atoms with Crippen molar-refractivity contribution in [1.82, 2.24) is 0 Å². The molecule has 5 heteroatoms. The standard InChI is InChI=1S/C11H14O4S/c1-8(2)16(12,13)9-3-4-10-11(7-9)15-6-5-14-10/h3-4,7-8H,5-6H2,1-2H3. The minimum atomic E-state index is -3.25. The van der Waals surface area contributed by atoms with E-state index >= 15 is 0 Å². The number of rotatable bonds is 2. The van der Waals surface area contributed by atoms with E-state index in [9.17, 15) is 8.42 Å². The minimum Gasteiger partial charge on any atom is -0.486 e. The van der Waals surface area contributed by atoms with Crippen molar-refractivity contribution in [2.24, 2.45) is 0 Å². The predicted octanol–water partition coefficient (Wildman–Crippen LogP) is 1.64. The van der Waals surface area contributed by atoms with Gasteiger partial charge in [0, 0.05) is 6.07 Å². The van der Waals surface area contributed by atoms with Crippen LogP contribution in [-0.4, -0.2) is 26.9 Å². The highest BCUT2D eigenvalue weighted by molar-refractivity contribution is 7.92. The summed E-state index contributed by atoms with van der Waals surface area (Å²) in [6.45, 7) is 4.28. The molecular formula is C11H14O4S. The lowest BCUT2D eigenvalue weighted by molar-refractivity contribution is 0.171. The molecular weight excluding hydrogens is 228 g/mol. The molecule has 1 aliphatic rings. The van der Waals surface area contributed by atoms with Crippen LogP contribution in [0.25, 0.3) is 0 Å². The Kier molecular flexibility index (Phi) is 2.80. The molecule has 1 heterocycles. The fourth-order valence-electron chi connectivity index (χ4n) is 1.47. The minimum absolute atomic E-state index is 0.284. The summed E-state index contributed by atoms with van der Waals surface area (Å²) in [5, 5.41) is -0.435. The van der Waals surface area contributed by atoms with Crippen LogP contribution in [0.2, 0.25) is 0 Å². The molecule has 0 fully saturated rings. The van der Waals surface area contributed by atoms with Crippen molar-refractivity contribution in [3.63, 3.8) is 0 Å². The Morgan fingerprint density at radius 1 is 1.12 bits per heavy atom. The third-order valence-electron chi connectivity index (χ3n) is 2.46. The molecule has 0 atom stereocenters. The smallest absolute Gasteiger partial charge is 0.180 e. The third kappa shape index (κ3) is 1.87. The molecule has 0 amide bonds. The third-order valence-corrected chi connectivity index (χ3v) is 4.61. The molecule has 1 aromatic rings. The fourth-order valence-corrected chi connectivity index (χ4v) is 2.55. The molecule has 16 heavy (non-hydrogen) atoms. The Bertz CT molecular complexity index is 491. The van der Waals surface area contributed by atoms with Crippen LogP contribution < -0.4 is 9.47 Å². The lowest BCUT2D eigenvalue weighted by Gasteiger charge is -2.19. The van der Waals surface area contributed by atoms with E-state index in [2.05, 4.69) is 0 Å². The van der Waals surface area contributed by atoms with Gasteiger partial charge in [0.1, 0.15) is 13.2 Å². The van der Waals surface area contributed by atoms with E-state index in [-0.39, 0.29) is 4.90 Å². The van der Waals surface area contributed by atoms with Crippen molar-refractivity contribution in [1.29, 1.82) is 0 Å². The fraction of sp³-hybridized carbons (Fsp3) is 0.455. The molecule has 88 valence electrons. The van der Waals surface area contributed by atoms with E-state index in [4.69, 9.17) is 9.47 Å². The molecule has 1 aliphatic heterocycles. The Hall–Kier alpha value is -1.23. The van der Waals surface area contributed by atoms with Gasteiger partial charge in [0.2, 0.25) is 0 Å². The van der Waals surface area contributed by atoms with Gasteiger partial charge in [0.05, 0.1) is 10.1 Å². The van der Waals surface area contributed by atoms with Crippen LogP contribution in [0.5, 0.6) is 11.5 Å². The molecule has 0 spiro atoms. The maximum Gasteiger partial charge on any atom is 0.180 e. The maximum absolute atomic E-state index is 11.9. The second-order valence-electron chi connectivity index (χ2n) is 3.90. The number of benzene rings is 1. The highest BCUT2D eigenvalue weighted by atomic mass is 32.2. The number of hydrogen-bond acceptors (Lipinski definition) is 4. The second-order valence-corrected chi connectivity index (χ2v) is 6.40. The summed E-state index contributed by atoms with van der Waals surface area (Å²) in [4.78, 5) is 0.284. The Balaban J connectivity index is 2.45. The van der Waals surface area contributed by atoms with Crippen LogP contribution >= 0.6 is 0 Å². The number of sulfone groups is 1. The summed E-state index contributed by atoms with van der Waals surface area (Å²) >= 11 is 0. The topological polar surface area (TPSA) is 52.6 Å². The second kappa shape index (κ2) is 3.97. The van der Waals surface area contributed by atoms with E-state index in [0.717, 1.165) is 0 Å². The first-order valence-corrected chi connectivity index (χ1v) is 6.70. The first-order valence-electron chi connectivity index (χ1n) is 5.15. The zero-order chi connectivity index (χ0) is 11.8. The van der Waals surface area contributed by atoms with Gasteiger partial charge < -0.3 is 9.47 Å². The number of hydrogen-bond donors (Lipinski definition) is 0. The van der Waals surface area contributed by atoms with Crippen molar-refractivity contribution >= 4 is 9.84 Å². The van der Waals surface area contributed by atoms with E-state index in [1.807, 2.05) is 0 Å². The molecule has 0 unspecified atom stereocenters. The van der Waals surface area contributed by atoms with Gasteiger partial charge >= 0.3 is 0 Å². The van der Waals surface area contributed by atoms with E-state index in [1.54, 1.807) is 26.0 Å². The molecule has 1 aromatic carbocycles. The van der Waals surface area contributed by atoms with Crippen molar-refractivity contribution < 1.29 is 17.9 Å². The van der Waals surface area contributed by atoms with Crippen LogP contribution in [0.15, 0.2) is 23.1 Å². The van der Waals surface area contributed by atoms with Gasteiger partial charge in [-0.25, -0.2) is 8.42 Å². The average Bonchev–Trinajstić information content (AvgIpc) is 2.28. The van der Waals surface area contributed by atoms with Crippen molar-refractivity contribution in [3.05, 3.63) is 18.2 Å². The van der Waals surface area contributed by atoms with Crippen LogP contribution in [-0.2, 0) is 9.84 Å². The summed E-state index contributed by atoms with van der Waals surface area (Å²) in [5.41, 5.74) is 0. The molecule has 0 saturated carbocycles. The SMILES string of the molecule is CC(C)S(=O)(=O)c1ccc2c(c1)OCCO2. The summed E-state index contributed by atoms with van der Waals surface area (Å²) < 4.78 is 34.5. The zero-order valence-electron chi connectivity index (χ0n) is 9.26. The van der Waals surface area contributed by atoms with Crippen molar-refractivity contribution in [2.75, 3.05) is 13.2 Å².